The highest BCUT2D eigenvalue weighted by Crippen LogP contribution is 2.32. The Labute approximate surface area is 150 Å². The molecular weight excluding hydrogens is 314 g/mol. The highest BCUT2D eigenvalue weighted by molar-refractivity contribution is 5.75. The molecule has 0 spiro atoms. The molecule has 0 radical (unpaired) electrons. The van der Waals surface area contributed by atoms with Crippen molar-refractivity contribution in [2.75, 3.05) is 6.54 Å². The summed E-state index contributed by atoms with van der Waals surface area (Å²) >= 11 is 0. The molecule has 1 saturated carbocycles. The van der Waals surface area contributed by atoms with E-state index in [1.54, 1.807) is 0 Å². The zero-order chi connectivity index (χ0) is 18.4. The van der Waals surface area contributed by atoms with Crippen LogP contribution in [0.5, 0.6) is 5.75 Å². The number of esters is 1. The number of aliphatic imine (C=N–C) groups is 1. The van der Waals surface area contributed by atoms with E-state index in [1.165, 1.54) is 5.56 Å². The van der Waals surface area contributed by atoms with Crippen LogP contribution in [0.25, 0.3) is 0 Å². The fourth-order valence-corrected chi connectivity index (χ4v) is 3.29. The summed E-state index contributed by atoms with van der Waals surface area (Å²) in [6, 6.07) is 7.84. The van der Waals surface area contributed by atoms with Crippen molar-refractivity contribution >= 4 is 11.9 Å². The average Bonchev–Trinajstić information content (AvgIpc) is 2.55. The molecular formula is C20H31N3O2. The number of guanidine groups is 1. The second-order valence-electron chi connectivity index (χ2n) is 8.01. The molecule has 0 saturated heterocycles. The standard InChI is InChI=1S/C20H31N3O2/c1-20(2,3)16-8-10-17(11-9-16)25-18(24)15-6-4-14(5-7-15)12-13-23-19(21)22/h8-11,14-15H,4-7,12-13H2,1-3H3,(H4,21,22,23). The molecule has 0 amide bonds. The monoisotopic (exact) mass is 345 g/mol. The van der Waals surface area contributed by atoms with Crippen LogP contribution in [0.4, 0.5) is 0 Å². The molecule has 1 aromatic rings. The van der Waals surface area contributed by atoms with Gasteiger partial charge in [0.2, 0.25) is 0 Å². The molecule has 0 bridgehead atoms. The molecule has 5 nitrogen and oxygen atoms in total. The Hall–Kier alpha value is -2.04. The topological polar surface area (TPSA) is 90.7 Å². The van der Waals surface area contributed by atoms with Crippen molar-refractivity contribution in [1.29, 1.82) is 0 Å². The zero-order valence-corrected chi connectivity index (χ0v) is 15.6. The first-order valence-corrected chi connectivity index (χ1v) is 9.13. The van der Waals surface area contributed by atoms with Gasteiger partial charge in [0, 0.05) is 6.54 Å². The summed E-state index contributed by atoms with van der Waals surface area (Å²) in [6.07, 6.45) is 4.80. The predicted molar refractivity (Wildman–Crippen MR) is 102 cm³/mol. The molecule has 0 heterocycles. The van der Waals surface area contributed by atoms with Crippen molar-refractivity contribution in [2.45, 2.75) is 58.3 Å². The third kappa shape index (κ3) is 6.07. The molecule has 1 fully saturated rings. The van der Waals surface area contributed by atoms with E-state index in [0.29, 0.717) is 18.2 Å². The van der Waals surface area contributed by atoms with E-state index in [9.17, 15) is 4.79 Å². The Morgan fingerprint density at radius 2 is 1.72 bits per heavy atom. The van der Waals surface area contributed by atoms with E-state index in [2.05, 4.69) is 25.8 Å². The third-order valence-electron chi connectivity index (χ3n) is 4.95. The molecule has 0 unspecified atom stereocenters. The molecule has 0 aromatic heterocycles. The van der Waals surface area contributed by atoms with Crippen LogP contribution in [-0.4, -0.2) is 18.5 Å². The first kappa shape index (κ1) is 19.3. The van der Waals surface area contributed by atoms with Crippen LogP contribution in [0.3, 0.4) is 0 Å². The smallest absolute Gasteiger partial charge is 0.314 e. The fraction of sp³-hybridized carbons (Fsp3) is 0.600. The molecule has 138 valence electrons. The van der Waals surface area contributed by atoms with Gasteiger partial charge in [-0.25, -0.2) is 0 Å². The fourth-order valence-electron chi connectivity index (χ4n) is 3.29. The Morgan fingerprint density at radius 3 is 2.24 bits per heavy atom. The van der Waals surface area contributed by atoms with Crippen molar-refractivity contribution in [3.63, 3.8) is 0 Å². The van der Waals surface area contributed by atoms with Crippen LogP contribution in [0.2, 0.25) is 0 Å². The van der Waals surface area contributed by atoms with E-state index < -0.39 is 0 Å². The Morgan fingerprint density at radius 1 is 1.12 bits per heavy atom. The highest BCUT2D eigenvalue weighted by Gasteiger charge is 2.27. The summed E-state index contributed by atoms with van der Waals surface area (Å²) < 4.78 is 5.58. The molecule has 2 rings (SSSR count). The number of ether oxygens (including phenoxy) is 1. The molecule has 4 N–H and O–H groups in total. The van der Waals surface area contributed by atoms with Gasteiger partial charge in [0.1, 0.15) is 5.75 Å². The summed E-state index contributed by atoms with van der Waals surface area (Å²) in [5.41, 5.74) is 12.0. The van der Waals surface area contributed by atoms with Gasteiger partial charge in [-0.15, -0.1) is 0 Å². The largest absolute Gasteiger partial charge is 0.426 e. The number of rotatable bonds is 5. The average molecular weight is 345 g/mol. The van der Waals surface area contributed by atoms with Crippen LogP contribution in [0.1, 0.15) is 58.4 Å². The second-order valence-corrected chi connectivity index (χ2v) is 8.01. The van der Waals surface area contributed by atoms with Gasteiger partial charge in [-0.1, -0.05) is 32.9 Å². The number of hydrogen-bond acceptors (Lipinski definition) is 3. The quantitative estimate of drug-likeness (QED) is 0.370. The van der Waals surface area contributed by atoms with Crippen molar-refractivity contribution in [3.05, 3.63) is 29.8 Å². The molecule has 5 heteroatoms. The first-order valence-electron chi connectivity index (χ1n) is 9.13. The summed E-state index contributed by atoms with van der Waals surface area (Å²) in [5.74, 6) is 1.27. The first-order chi connectivity index (χ1) is 11.8. The summed E-state index contributed by atoms with van der Waals surface area (Å²) in [7, 11) is 0. The molecule has 1 aliphatic carbocycles. The number of nitrogens with two attached hydrogens (primary N) is 2. The summed E-state index contributed by atoms with van der Waals surface area (Å²) in [4.78, 5) is 16.4. The Balaban J connectivity index is 1.80. The lowest BCUT2D eigenvalue weighted by atomic mass is 9.80. The zero-order valence-electron chi connectivity index (χ0n) is 15.6. The van der Waals surface area contributed by atoms with Crippen LogP contribution in [0.15, 0.2) is 29.3 Å². The van der Waals surface area contributed by atoms with Gasteiger partial charge in [0.05, 0.1) is 5.92 Å². The molecule has 1 aromatic carbocycles. The lowest BCUT2D eigenvalue weighted by Crippen LogP contribution is -2.26. The van der Waals surface area contributed by atoms with Crippen LogP contribution in [0, 0.1) is 11.8 Å². The van der Waals surface area contributed by atoms with Gasteiger partial charge < -0.3 is 16.2 Å². The Bertz CT molecular complexity index is 590. The minimum Gasteiger partial charge on any atom is -0.426 e. The van der Waals surface area contributed by atoms with Crippen molar-refractivity contribution < 1.29 is 9.53 Å². The maximum Gasteiger partial charge on any atom is 0.314 e. The van der Waals surface area contributed by atoms with Crippen LogP contribution < -0.4 is 16.2 Å². The predicted octanol–water partition coefficient (Wildman–Crippen LogP) is 3.36. The number of carbonyl (C=O) groups excluding carboxylic acids is 1. The van der Waals surface area contributed by atoms with Crippen LogP contribution in [-0.2, 0) is 10.2 Å². The highest BCUT2D eigenvalue weighted by atomic mass is 16.5. The lowest BCUT2D eigenvalue weighted by Gasteiger charge is -2.26. The number of carbonyl (C=O) groups is 1. The van der Waals surface area contributed by atoms with Gasteiger partial charge in [0.15, 0.2) is 5.96 Å². The second kappa shape index (κ2) is 8.37. The van der Waals surface area contributed by atoms with E-state index in [1.807, 2.05) is 24.3 Å². The van der Waals surface area contributed by atoms with Gasteiger partial charge in [-0.2, -0.15) is 0 Å². The Kier molecular flexibility index (Phi) is 6.45. The van der Waals surface area contributed by atoms with E-state index in [0.717, 1.165) is 32.1 Å². The normalized spacial score (nSPS) is 20.8. The van der Waals surface area contributed by atoms with Gasteiger partial charge >= 0.3 is 5.97 Å². The van der Waals surface area contributed by atoms with E-state index >= 15 is 0 Å². The third-order valence-corrected chi connectivity index (χ3v) is 4.95. The van der Waals surface area contributed by atoms with Gasteiger partial charge in [-0.3, -0.25) is 9.79 Å². The molecule has 25 heavy (non-hydrogen) atoms. The number of nitrogens with zero attached hydrogens (tertiary/aromatic N) is 1. The molecule has 1 aliphatic rings. The van der Waals surface area contributed by atoms with E-state index in [4.69, 9.17) is 16.2 Å². The maximum atomic E-state index is 12.4. The summed E-state index contributed by atoms with van der Waals surface area (Å²) in [5, 5.41) is 0. The van der Waals surface area contributed by atoms with Crippen molar-refractivity contribution in [1.82, 2.24) is 0 Å². The van der Waals surface area contributed by atoms with Crippen molar-refractivity contribution in [2.24, 2.45) is 28.3 Å². The van der Waals surface area contributed by atoms with Crippen molar-refractivity contribution in [3.8, 4) is 5.75 Å². The minimum absolute atomic E-state index is 0.00150. The number of benzene rings is 1. The van der Waals surface area contributed by atoms with Gasteiger partial charge in [0.25, 0.3) is 0 Å². The van der Waals surface area contributed by atoms with Gasteiger partial charge in [-0.05, 0) is 61.1 Å². The SMILES string of the molecule is CC(C)(C)c1ccc(OC(=O)C2CCC(CCN=C(N)N)CC2)cc1. The molecule has 0 aliphatic heterocycles. The van der Waals surface area contributed by atoms with E-state index in [-0.39, 0.29) is 23.3 Å². The maximum absolute atomic E-state index is 12.4. The molecule has 0 atom stereocenters. The summed E-state index contributed by atoms with van der Waals surface area (Å²) in [6.45, 7) is 7.17. The van der Waals surface area contributed by atoms with Crippen LogP contribution >= 0.6 is 0 Å². The lowest BCUT2D eigenvalue weighted by molar-refractivity contribution is -0.140. The minimum atomic E-state index is -0.105. The number of hydrogen-bond donors (Lipinski definition) is 2.